The van der Waals surface area contributed by atoms with Gasteiger partial charge in [0.15, 0.2) is 5.76 Å². The summed E-state index contributed by atoms with van der Waals surface area (Å²) in [6.45, 7) is 3.84. The molecule has 1 N–H and O–H groups in total. The van der Waals surface area contributed by atoms with Crippen molar-refractivity contribution in [1.29, 1.82) is 0 Å². The molecule has 0 aliphatic carbocycles. The van der Waals surface area contributed by atoms with Crippen molar-refractivity contribution in [2.75, 3.05) is 7.05 Å². The number of likely N-dealkylation sites (N-methyl/N-ethyl adjacent to an activating group) is 1. The maximum absolute atomic E-state index is 11.9. The van der Waals surface area contributed by atoms with Crippen LogP contribution in [0.15, 0.2) is 22.8 Å². The molecule has 0 bridgehead atoms. The summed E-state index contributed by atoms with van der Waals surface area (Å²) in [7, 11) is 1.48. The first kappa shape index (κ1) is 13.3. The Kier molecular flexibility index (Phi) is 4.31. The molecule has 1 unspecified atom stereocenters. The van der Waals surface area contributed by atoms with Crippen molar-refractivity contribution in [2.24, 2.45) is 5.92 Å². The van der Waals surface area contributed by atoms with Crippen LogP contribution in [0.2, 0.25) is 0 Å². The van der Waals surface area contributed by atoms with Gasteiger partial charge < -0.3 is 14.4 Å². The van der Waals surface area contributed by atoms with E-state index >= 15 is 0 Å². The molecule has 0 saturated heterocycles. The Morgan fingerprint density at radius 1 is 1.47 bits per heavy atom. The Hall–Kier alpha value is -1.78. The molecule has 1 heterocycles. The van der Waals surface area contributed by atoms with E-state index < -0.39 is 17.9 Å². The van der Waals surface area contributed by atoms with Gasteiger partial charge in [-0.3, -0.25) is 4.79 Å². The fourth-order valence-corrected chi connectivity index (χ4v) is 1.59. The van der Waals surface area contributed by atoms with Gasteiger partial charge in [0, 0.05) is 7.05 Å². The van der Waals surface area contributed by atoms with Gasteiger partial charge >= 0.3 is 5.97 Å². The Balaban J connectivity index is 2.81. The van der Waals surface area contributed by atoms with Crippen LogP contribution >= 0.6 is 0 Å². The van der Waals surface area contributed by atoms with Crippen LogP contribution in [0.5, 0.6) is 0 Å². The third-order valence-corrected chi connectivity index (χ3v) is 2.50. The Bertz CT molecular complexity index is 383. The normalized spacial score (nSPS) is 12.5. The van der Waals surface area contributed by atoms with E-state index in [1.54, 1.807) is 6.07 Å². The maximum atomic E-state index is 11.9. The van der Waals surface area contributed by atoms with Crippen LogP contribution in [-0.2, 0) is 4.79 Å². The van der Waals surface area contributed by atoms with Crippen molar-refractivity contribution in [3.05, 3.63) is 24.2 Å². The van der Waals surface area contributed by atoms with E-state index in [2.05, 4.69) is 0 Å². The van der Waals surface area contributed by atoms with Gasteiger partial charge in [-0.05, 0) is 24.5 Å². The third kappa shape index (κ3) is 3.34. The molecule has 0 aliphatic heterocycles. The van der Waals surface area contributed by atoms with E-state index in [9.17, 15) is 9.59 Å². The summed E-state index contributed by atoms with van der Waals surface area (Å²) in [4.78, 5) is 24.2. The summed E-state index contributed by atoms with van der Waals surface area (Å²) in [5, 5.41) is 9.11. The average Bonchev–Trinajstić information content (AvgIpc) is 2.76. The second-order valence-corrected chi connectivity index (χ2v) is 4.38. The minimum atomic E-state index is -0.999. The first-order valence-electron chi connectivity index (χ1n) is 5.47. The van der Waals surface area contributed by atoms with Gasteiger partial charge in [-0.25, -0.2) is 4.79 Å². The monoisotopic (exact) mass is 239 g/mol. The van der Waals surface area contributed by atoms with Crippen LogP contribution < -0.4 is 0 Å². The van der Waals surface area contributed by atoms with E-state index in [-0.39, 0.29) is 11.7 Å². The van der Waals surface area contributed by atoms with Gasteiger partial charge in [0.2, 0.25) is 0 Å². The third-order valence-electron chi connectivity index (χ3n) is 2.50. The molecule has 0 saturated carbocycles. The number of aliphatic carboxylic acids is 1. The molecule has 1 aromatic heterocycles. The number of rotatable bonds is 5. The second-order valence-electron chi connectivity index (χ2n) is 4.38. The number of amides is 1. The molecular formula is C12H17NO4. The first-order valence-corrected chi connectivity index (χ1v) is 5.47. The fourth-order valence-electron chi connectivity index (χ4n) is 1.59. The predicted octanol–water partition coefficient (Wildman–Crippen LogP) is 1.85. The van der Waals surface area contributed by atoms with Crippen molar-refractivity contribution in [3.8, 4) is 0 Å². The summed E-state index contributed by atoms with van der Waals surface area (Å²) in [6, 6.07) is 2.29. The van der Waals surface area contributed by atoms with Crippen LogP contribution in [-0.4, -0.2) is 35.0 Å². The quantitative estimate of drug-likeness (QED) is 0.851. The number of carboxylic acid groups (broad SMARTS) is 1. The highest BCUT2D eigenvalue weighted by Crippen LogP contribution is 2.14. The minimum absolute atomic E-state index is 0.155. The molecule has 5 heteroatoms. The van der Waals surface area contributed by atoms with Gasteiger partial charge in [0.05, 0.1) is 6.26 Å². The van der Waals surface area contributed by atoms with Crippen molar-refractivity contribution in [2.45, 2.75) is 26.3 Å². The molecular weight excluding hydrogens is 222 g/mol. The zero-order chi connectivity index (χ0) is 13.0. The van der Waals surface area contributed by atoms with Gasteiger partial charge in [-0.15, -0.1) is 0 Å². The number of nitrogens with zero attached hydrogens (tertiary/aromatic N) is 1. The number of carbonyl (C=O) groups is 2. The predicted molar refractivity (Wildman–Crippen MR) is 61.7 cm³/mol. The Morgan fingerprint density at radius 3 is 2.53 bits per heavy atom. The molecule has 1 rings (SSSR count). The molecule has 1 aromatic rings. The number of hydrogen-bond acceptors (Lipinski definition) is 3. The first-order chi connectivity index (χ1) is 7.93. The van der Waals surface area contributed by atoms with Crippen LogP contribution in [0.4, 0.5) is 0 Å². The molecule has 0 spiro atoms. The van der Waals surface area contributed by atoms with Gasteiger partial charge in [-0.1, -0.05) is 13.8 Å². The van der Waals surface area contributed by atoms with Crippen molar-refractivity contribution >= 4 is 11.9 Å². The van der Waals surface area contributed by atoms with Crippen molar-refractivity contribution < 1.29 is 19.1 Å². The van der Waals surface area contributed by atoms with Crippen LogP contribution in [0, 0.1) is 5.92 Å². The molecule has 5 nitrogen and oxygen atoms in total. The highest BCUT2D eigenvalue weighted by Gasteiger charge is 2.28. The zero-order valence-electron chi connectivity index (χ0n) is 10.2. The number of carbonyl (C=O) groups excluding carboxylic acids is 1. The molecule has 0 aromatic carbocycles. The Morgan fingerprint density at radius 2 is 2.12 bits per heavy atom. The van der Waals surface area contributed by atoms with Crippen LogP contribution in [0.1, 0.15) is 30.8 Å². The number of carboxylic acids is 1. The highest BCUT2D eigenvalue weighted by atomic mass is 16.4. The Labute approximate surface area is 100 Å². The van der Waals surface area contributed by atoms with E-state index in [1.807, 2.05) is 13.8 Å². The average molecular weight is 239 g/mol. The minimum Gasteiger partial charge on any atom is -0.480 e. The molecule has 0 radical (unpaired) electrons. The maximum Gasteiger partial charge on any atom is 0.326 e. The van der Waals surface area contributed by atoms with E-state index in [4.69, 9.17) is 9.52 Å². The van der Waals surface area contributed by atoms with Gasteiger partial charge in [0.1, 0.15) is 6.04 Å². The van der Waals surface area contributed by atoms with Crippen LogP contribution in [0.25, 0.3) is 0 Å². The topological polar surface area (TPSA) is 70.8 Å². The molecule has 94 valence electrons. The standard InChI is InChI=1S/C12H17NO4/c1-8(2)7-9(12(15)16)13(3)11(14)10-5-4-6-17-10/h4-6,8-9H,7H2,1-3H3,(H,15,16). The largest absolute Gasteiger partial charge is 0.480 e. The molecule has 1 amide bonds. The highest BCUT2D eigenvalue weighted by molar-refractivity contribution is 5.94. The smallest absolute Gasteiger partial charge is 0.326 e. The lowest BCUT2D eigenvalue weighted by Crippen LogP contribution is -2.43. The van der Waals surface area contributed by atoms with E-state index in [0.29, 0.717) is 6.42 Å². The van der Waals surface area contributed by atoms with Gasteiger partial charge in [-0.2, -0.15) is 0 Å². The van der Waals surface area contributed by atoms with Crippen molar-refractivity contribution in [1.82, 2.24) is 4.90 Å². The fraction of sp³-hybridized carbons (Fsp3) is 0.500. The van der Waals surface area contributed by atoms with Gasteiger partial charge in [0.25, 0.3) is 5.91 Å². The lowest BCUT2D eigenvalue weighted by Gasteiger charge is -2.25. The molecule has 0 aliphatic rings. The SMILES string of the molecule is CC(C)CC(C(=O)O)N(C)C(=O)c1ccco1. The summed E-state index contributed by atoms with van der Waals surface area (Å²) < 4.78 is 4.97. The summed E-state index contributed by atoms with van der Waals surface area (Å²) in [5.41, 5.74) is 0. The lowest BCUT2D eigenvalue weighted by molar-refractivity contribution is -0.142. The van der Waals surface area contributed by atoms with E-state index in [1.165, 1.54) is 24.3 Å². The summed E-state index contributed by atoms with van der Waals surface area (Å²) >= 11 is 0. The molecule has 0 fully saturated rings. The zero-order valence-corrected chi connectivity index (χ0v) is 10.2. The van der Waals surface area contributed by atoms with E-state index in [0.717, 1.165) is 0 Å². The van der Waals surface area contributed by atoms with Crippen LogP contribution in [0.3, 0.4) is 0 Å². The number of hydrogen-bond donors (Lipinski definition) is 1. The second kappa shape index (κ2) is 5.52. The lowest BCUT2D eigenvalue weighted by atomic mass is 10.0. The summed E-state index contributed by atoms with van der Waals surface area (Å²) in [6.07, 6.45) is 1.80. The molecule has 17 heavy (non-hydrogen) atoms. The molecule has 1 atom stereocenters. The van der Waals surface area contributed by atoms with Crippen molar-refractivity contribution in [3.63, 3.8) is 0 Å². The summed E-state index contributed by atoms with van der Waals surface area (Å²) in [5.74, 6) is -1.06. The number of furan rings is 1.